The quantitative estimate of drug-likeness (QED) is 0.862. The molecule has 1 unspecified atom stereocenters. The molecule has 0 fully saturated rings. The Morgan fingerprint density at radius 1 is 1.21 bits per heavy atom. The Hall–Kier alpha value is -0.970. The monoisotopic (exact) mass is 345 g/mol. The van der Waals surface area contributed by atoms with Crippen molar-refractivity contribution in [1.29, 1.82) is 0 Å². The summed E-state index contributed by atoms with van der Waals surface area (Å²) in [5.74, 6) is -0.783. The molecule has 0 saturated heterocycles. The summed E-state index contributed by atoms with van der Waals surface area (Å²) in [6.07, 6.45) is 0.332. The number of hydrogen-bond acceptors (Lipinski definition) is 1. The number of hydrogen-bond donors (Lipinski definition) is 1. The summed E-state index contributed by atoms with van der Waals surface area (Å²) >= 11 is 9.22. The summed E-state index contributed by atoms with van der Waals surface area (Å²) in [5.41, 5.74) is 7.09. The standard InChI is InChI=1S/C14H11BrClF2N/c15-10-2-1-3-12(18)14(10)13(19)6-8-4-5-9(17)7-11(8)16/h1-5,7,13H,6,19H2. The largest absolute Gasteiger partial charge is 0.324 e. The Bertz CT molecular complexity index is 584. The van der Waals surface area contributed by atoms with Crippen LogP contribution in [0.15, 0.2) is 40.9 Å². The summed E-state index contributed by atoms with van der Waals surface area (Å²) in [4.78, 5) is 0. The molecule has 0 heterocycles. The van der Waals surface area contributed by atoms with Crippen molar-refractivity contribution >= 4 is 27.5 Å². The molecule has 0 bridgehead atoms. The molecule has 0 amide bonds. The van der Waals surface area contributed by atoms with E-state index in [2.05, 4.69) is 15.9 Å². The molecular formula is C14H11BrClF2N. The number of rotatable bonds is 3. The Morgan fingerprint density at radius 2 is 1.95 bits per heavy atom. The van der Waals surface area contributed by atoms with Crippen molar-refractivity contribution in [3.63, 3.8) is 0 Å². The van der Waals surface area contributed by atoms with Crippen molar-refractivity contribution in [3.8, 4) is 0 Å². The zero-order valence-electron chi connectivity index (χ0n) is 9.84. The Labute approximate surface area is 123 Å². The molecule has 0 spiro atoms. The molecule has 0 radical (unpaired) electrons. The van der Waals surface area contributed by atoms with Crippen LogP contribution in [0.5, 0.6) is 0 Å². The van der Waals surface area contributed by atoms with Crippen LogP contribution in [-0.4, -0.2) is 0 Å². The van der Waals surface area contributed by atoms with Crippen LogP contribution in [0.1, 0.15) is 17.2 Å². The van der Waals surface area contributed by atoms with E-state index in [1.807, 2.05) is 0 Å². The first kappa shape index (κ1) is 14.4. The lowest BCUT2D eigenvalue weighted by molar-refractivity contribution is 0.577. The van der Waals surface area contributed by atoms with E-state index in [4.69, 9.17) is 17.3 Å². The summed E-state index contributed by atoms with van der Waals surface area (Å²) in [5, 5.41) is 0.294. The van der Waals surface area contributed by atoms with Gasteiger partial charge in [0.1, 0.15) is 11.6 Å². The lowest BCUT2D eigenvalue weighted by atomic mass is 9.99. The molecule has 0 aliphatic heterocycles. The highest BCUT2D eigenvalue weighted by Gasteiger charge is 2.16. The fraction of sp³-hybridized carbons (Fsp3) is 0.143. The van der Waals surface area contributed by atoms with Gasteiger partial charge in [0.15, 0.2) is 0 Å². The first-order valence-electron chi connectivity index (χ1n) is 5.62. The highest BCUT2D eigenvalue weighted by Crippen LogP contribution is 2.29. The van der Waals surface area contributed by atoms with Crippen LogP contribution >= 0.6 is 27.5 Å². The van der Waals surface area contributed by atoms with E-state index >= 15 is 0 Å². The van der Waals surface area contributed by atoms with Crippen LogP contribution in [0.3, 0.4) is 0 Å². The van der Waals surface area contributed by atoms with E-state index in [-0.39, 0.29) is 5.82 Å². The molecule has 19 heavy (non-hydrogen) atoms. The molecule has 5 heteroatoms. The smallest absolute Gasteiger partial charge is 0.129 e. The minimum absolute atomic E-state index is 0.294. The van der Waals surface area contributed by atoms with Crippen LogP contribution < -0.4 is 5.73 Å². The molecule has 1 atom stereocenters. The zero-order valence-corrected chi connectivity index (χ0v) is 12.2. The normalized spacial score (nSPS) is 12.5. The summed E-state index contributed by atoms with van der Waals surface area (Å²) in [7, 11) is 0. The molecule has 0 aliphatic carbocycles. The summed E-state index contributed by atoms with van der Waals surface area (Å²) in [6.45, 7) is 0. The zero-order chi connectivity index (χ0) is 14.0. The van der Waals surface area contributed by atoms with Gasteiger partial charge in [0.05, 0.1) is 0 Å². The van der Waals surface area contributed by atoms with Crippen LogP contribution in [0.2, 0.25) is 5.02 Å². The molecule has 2 N–H and O–H groups in total. The van der Waals surface area contributed by atoms with Gasteiger partial charge in [0.25, 0.3) is 0 Å². The Morgan fingerprint density at radius 3 is 2.58 bits per heavy atom. The van der Waals surface area contributed by atoms with E-state index in [9.17, 15) is 8.78 Å². The van der Waals surface area contributed by atoms with Crippen molar-refractivity contribution in [3.05, 3.63) is 68.7 Å². The third-order valence-electron chi connectivity index (χ3n) is 2.83. The Balaban J connectivity index is 2.28. The van der Waals surface area contributed by atoms with Gasteiger partial charge in [0.2, 0.25) is 0 Å². The minimum atomic E-state index is -0.557. The van der Waals surface area contributed by atoms with Crippen molar-refractivity contribution in [2.45, 2.75) is 12.5 Å². The lowest BCUT2D eigenvalue weighted by Crippen LogP contribution is -2.16. The van der Waals surface area contributed by atoms with Gasteiger partial charge in [-0.05, 0) is 36.2 Å². The van der Waals surface area contributed by atoms with Crippen molar-refractivity contribution in [2.75, 3.05) is 0 Å². The van der Waals surface area contributed by atoms with E-state index in [1.54, 1.807) is 18.2 Å². The summed E-state index contributed by atoms with van der Waals surface area (Å²) < 4.78 is 27.3. The maximum absolute atomic E-state index is 13.8. The predicted molar refractivity (Wildman–Crippen MR) is 76.1 cm³/mol. The minimum Gasteiger partial charge on any atom is -0.324 e. The van der Waals surface area contributed by atoms with Crippen LogP contribution in [0, 0.1) is 11.6 Å². The Kier molecular flexibility index (Phi) is 4.55. The first-order chi connectivity index (χ1) is 8.99. The fourth-order valence-corrected chi connectivity index (χ4v) is 2.77. The predicted octanol–water partition coefficient (Wildman–Crippen LogP) is 4.62. The molecule has 1 nitrogen and oxygen atoms in total. The molecule has 0 aromatic heterocycles. The fourth-order valence-electron chi connectivity index (χ4n) is 1.89. The second-order valence-corrected chi connectivity index (χ2v) is 5.44. The van der Waals surface area contributed by atoms with Gasteiger partial charge in [-0.2, -0.15) is 0 Å². The van der Waals surface area contributed by atoms with Crippen molar-refractivity contribution < 1.29 is 8.78 Å². The van der Waals surface area contributed by atoms with Gasteiger partial charge < -0.3 is 5.73 Å². The maximum Gasteiger partial charge on any atom is 0.129 e. The van der Waals surface area contributed by atoms with E-state index in [1.165, 1.54) is 18.2 Å². The number of nitrogens with two attached hydrogens (primary N) is 1. The number of benzene rings is 2. The van der Waals surface area contributed by atoms with Gasteiger partial charge in [0, 0.05) is 21.1 Å². The van der Waals surface area contributed by atoms with Crippen LogP contribution in [0.25, 0.3) is 0 Å². The van der Waals surface area contributed by atoms with Gasteiger partial charge in [-0.3, -0.25) is 0 Å². The van der Waals surface area contributed by atoms with Gasteiger partial charge in [-0.25, -0.2) is 8.78 Å². The van der Waals surface area contributed by atoms with Crippen LogP contribution in [-0.2, 0) is 6.42 Å². The SMILES string of the molecule is NC(Cc1ccc(F)cc1Cl)c1c(F)cccc1Br. The molecule has 100 valence electrons. The lowest BCUT2D eigenvalue weighted by Gasteiger charge is -2.15. The summed E-state index contributed by atoms with van der Waals surface area (Å²) in [6, 6.07) is 8.21. The molecular weight excluding hydrogens is 336 g/mol. The topological polar surface area (TPSA) is 26.0 Å². The van der Waals surface area contributed by atoms with Crippen molar-refractivity contribution in [2.24, 2.45) is 5.73 Å². The second kappa shape index (κ2) is 5.99. The average molecular weight is 347 g/mol. The number of halogens is 4. The third-order valence-corrected chi connectivity index (χ3v) is 3.87. The maximum atomic E-state index is 13.8. The highest BCUT2D eigenvalue weighted by molar-refractivity contribution is 9.10. The second-order valence-electron chi connectivity index (χ2n) is 4.18. The molecule has 2 rings (SSSR count). The molecule has 0 saturated carbocycles. The highest BCUT2D eigenvalue weighted by atomic mass is 79.9. The van der Waals surface area contributed by atoms with E-state index in [0.717, 1.165) is 0 Å². The van der Waals surface area contributed by atoms with Crippen LogP contribution in [0.4, 0.5) is 8.78 Å². The first-order valence-corrected chi connectivity index (χ1v) is 6.79. The average Bonchev–Trinajstić information content (AvgIpc) is 2.32. The molecule has 2 aromatic carbocycles. The van der Waals surface area contributed by atoms with E-state index < -0.39 is 11.9 Å². The molecule has 0 aliphatic rings. The van der Waals surface area contributed by atoms with Gasteiger partial charge in [-0.1, -0.05) is 39.7 Å². The van der Waals surface area contributed by atoms with Crippen molar-refractivity contribution in [1.82, 2.24) is 0 Å². The van der Waals surface area contributed by atoms with Gasteiger partial charge >= 0.3 is 0 Å². The van der Waals surface area contributed by atoms with E-state index in [0.29, 0.717) is 27.0 Å². The van der Waals surface area contributed by atoms with Gasteiger partial charge in [-0.15, -0.1) is 0 Å². The molecule has 2 aromatic rings. The third kappa shape index (κ3) is 3.32.